The van der Waals surface area contributed by atoms with Crippen molar-refractivity contribution in [1.82, 2.24) is 0 Å². The minimum absolute atomic E-state index is 0.239. The second-order valence-electron chi connectivity index (χ2n) is 4.29. The number of nitrogens with one attached hydrogen (secondary N) is 2. The predicted octanol–water partition coefficient (Wildman–Crippen LogP) is 3.75. The molecule has 0 spiro atoms. The SMILES string of the molecule is Cc1sc(C(C)(C)C)c2c1NSN2. The van der Waals surface area contributed by atoms with Crippen molar-refractivity contribution >= 4 is 34.8 Å². The third-order valence-corrected chi connectivity index (χ3v) is 4.21. The first kappa shape index (κ1) is 9.21. The lowest BCUT2D eigenvalue weighted by Crippen LogP contribution is -2.09. The molecule has 13 heavy (non-hydrogen) atoms. The van der Waals surface area contributed by atoms with Gasteiger partial charge >= 0.3 is 0 Å². The number of anilines is 2. The summed E-state index contributed by atoms with van der Waals surface area (Å²) in [6.07, 6.45) is 0. The molecule has 2 heterocycles. The van der Waals surface area contributed by atoms with Crippen LogP contribution < -0.4 is 9.44 Å². The zero-order valence-electron chi connectivity index (χ0n) is 8.32. The Hall–Kier alpha value is -0.350. The molecule has 0 saturated carbocycles. The van der Waals surface area contributed by atoms with Gasteiger partial charge in [-0.05, 0) is 12.3 Å². The molecule has 2 rings (SSSR count). The fourth-order valence-corrected chi connectivity index (χ4v) is 3.39. The Morgan fingerprint density at radius 3 is 2.31 bits per heavy atom. The molecule has 2 nitrogen and oxygen atoms in total. The van der Waals surface area contributed by atoms with Gasteiger partial charge in [0.1, 0.15) is 0 Å². The van der Waals surface area contributed by atoms with Crippen molar-refractivity contribution in [3.8, 4) is 0 Å². The normalized spacial score (nSPS) is 15.1. The molecule has 0 amide bonds. The first-order chi connectivity index (χ1) is 6.00. The minimum atomic E-state index is 0.239. The summed E-state index contributed by atoms with van der Waals surface area (Å²) in [5.74, 6) is 0. The van der Waals surface area contributed by atoms with Crippen molar-refractivity contribution in [3.05, 3.63) is 9.75 Å². The third kappa shape index (κ3) is 1.42. The van der Waals surface area contributed by atoms with Crippen molar-refractivity contribution in [3.63, 3.8) is 0 Å². The van der Waals surface area contributed by atoms with Gasteiger partial charge in [-0.3, -0.25) is 0 Å². The molecular weight excluding hydrogens is 200 g/mol. The van der Waals surface area contributed by atoms with Gasteiger partial charge in [-0.15, -0.1) is 11.3 Å². The number of hydrogen-bond donors (Lipinski definition) is 2. The molecule has 72 valence electrons. The Balaban J connectivity index is 2.55. The Morgan fingerprint density at radius 2 is 1.69 bits per heavy atom. The zero-order valence-corrected chi connectivity index (χ0v) is 9.95. The van der Waals surface area contributed by atoms with E-state index in [2.05, 4.69) is 37.1 Å². The van der Waals surface area contributed by atoms with Crippen LogP contribution in [0.2, 0.25) is 0 Å². The number of aryl methyl sites for hydroxylation is 1. The molecule has 1 aromatic heterocycles. The quantitative estimate of drug-likeness (QED) is 0.643. The molecule has 1 aliphatic rings. The summed E-state index contributed by atoms with van der Waals surface area (Å²) in [7, 11) is 0. The van der Waals surface area contributed by atoms with E-state index in [-0.39, 0.29) is 5.41 Å². The average molecular weight is 214 g/mol. The van der Waals surface area contributed by atoms with Crippen molar-refractivity contribution in [2.24, 2.45) is 0 Å². The maximum atomic E-state index is 3.31. The highest BCUT2D eigenvalue weighted by Crippen LogP contribution is 2.48. The Bertz CT molecular complexity index is 336. The van der Waals surface area contributed by atoms with Crippen LogP contribution >= 0.6 is 23.5 Å². The van der Waals surface area contributed by atoms with Crippen LogP contribution in [-0.4, -0.2) is 0 Å². The standard InChI is InChI=1S/C9H14N2S2/c1-5-6-7(11-13-10-6)8(12-5)9(2,3)4/h10-11H,1-4H3. The molecule has 0 fully saturated rings. The van der Waals surface area contributed by atoms with Crippen molar-refractivity contribution in [2.75, 3.05) is 9.44 Å². The van der Waals surface area contributed by atoms with Crippen LogP contribution in [0.1, 0.15) is 30.5 Å². The molecule has 0 saturated heterocycles. The fraction of sp³-hybridized carbons (Fsp3) is 0.556. The number of thiophene rings is 1. The highest BCUT2D eigenvalue weighted by molar-refractivity contribution is 8.02. The van der Waals surface area contributed by atoms with Gasteiger partial charge in [0, 0.05) is 9.75 Å². The number of fused-ring (bicyclic) bond motifs is 1. The lowest BCUT2D eigenvalue weighted by atomic mass is 9.93. The molecule has 1 aromatic rings. The summed E-state index contributed by atoms with van der Waals surface area (Å²) < 4.78 is 6.59. The lowest BCUT2D eigenvalue weighted by Gasteiger charge is -2.17. The van der Waals surface area contributed by atoms with E-state index in [1.54, 1.807) is 12.1 Å². The minimum Gasteiger partial charge on any atom is -0.309 e. The average Bonchev–Trinajstić information content (AvgIpc) is 2.51. The van der Waals surface area contributed by atoms with Crippen LogP contribution in [0, 0.1) is 6.92 Å². The summed E-state index contributed by atoms with van der Waals surface area (Å²) in [5.41, 5.74) is 2.81. The molecule has 0 radical (unpaired) electrons. The lowest BCUT2D eigenvalue weighted by molar-refractivity contribution is 0.606. The van der Waals surface area contributed by atoms with Crippen LogP contribution in [0.4, 0.5) is 11.4 Å². The Morgan fingerprint density at radius 1 is 1.08 bits per heavy atom. The summed E-state index contributed by atoms with van der Waals surface area (Å²) in [5, 5.41) is 0. The molecule has 0 atom stereocenters. The smallest absolute Gasteiger partial charge is 0.0847 e. The molecule has 1 aliphatic heterocycles. The monoisotopic (exact) mass is 214 g/mol. The topological polar surface area (TPSA) is 24.1 Å². The van der Waals surface area contributed by atoms with E-state index in [1.165, 1.54) is 21.1 Å². The molecule has 4 heteroatoms. The van der Waals surface area contributed by atoms with Crippen LogP contribution in [0.3, 0.4) is 0 Å². The van der Waals surface area contributed by atoms with Crippen molar-refractivity contribution < 1.29 is 0 Å². The molecule has 0 bridgehead atoms. The summed E-state index contributed by atoms with van der Waals surface area (Å²) in [6, 6.07) is 0. The Kier molecular flexibility index (Phi) is 2.00. The summed E-state index contributed by atoms with van der Waals surface area (Å²) >= 11 is 3.45. The maximum Gasteiger partial charge on any atom is 0.0847 e. The van der Waals surface area contributed by atoms with E-state index in [4.69, 9.17) is 0 Å². The van der Waals surface area contributed by atoms with E-state index < -0.39 is 0 Å². The van der Waals surface area contributed by atoms with Crippen molar-refractivity contribution in [1.29, 1.82) is 0 Å². The van der Waals surface area contributed by atoms with Crippen LogP contribution in [0.5, 0.6) is 0 Å². The molecule has 0 aromatic carbocycles. The molecule has 2 N–H and O–H groups in total. The molecule has 0 unspecified atom stereocenters. The molecular formula is C9H14N2S2. The van der Waals surface area contributed by atoms with Crippen LogP contribution in [0.15, 0.2) is 0 Å². The van der Waals surface area contributed by atoms with E-state index in [0.29, 0.717) is 0 Å². The number of rotatable bonds is 0. The van der Waals surface area contributed by atoms with E-state index >= 15 is 0 Å². The summed E-state index contributed by atoms with van der Waals surface area (Å²) in [4.78, 5) is 2.81. The van der Waals surface area contributed by atoms with Crippen LogP contribution in [0.25, 0.3) is 0 Å². The summed E-state index contributed by atoms with van der Waals surface area (Å²) in [6.45, 7) is 8.93. The van der Waals surface area contributed by atoms with Gasteiger partial charge in [0.05, 0.1) is 23.5 Å². The van der Waals surface area contributed by atoms with Gasteiger partial charge < -0.3 is 9.44 Å². The first-order valence-electron chi connectivity index (χ1n) is 4.32. The van der Waals surface area contributed by atoms with Gasteiger partial charge in [0.25, 0.3) is 0 Å². The van der Waals surface area contributed by atoms with E-state index in [1.807, 2.05) is 11.3 Å². The number of hydrogen-bond acceptors (Lipinski definition) is 4. The van der Waals surface area contributed by atoms with Gasteiger partial charge in [-0.25, -0.2) is 0 Å². The fourth-order valence-electron chi connectivity index (χ4n) is 1.42. The second kappa shape index (κ2) is 2.82. The highest BCUT2D eigenvalue weighted by atomic mass is 32.2. The predicted molar refractivity (Wildman–Crippen MR) is 62.6 cm³/mol. The largest absolute Gasteiger partial charge is 0.309 e. The Labute approximate surface area is 87.4 Å². The van der Waals surface area contributed by atoms with Gasteiger partial charge in [0.2, 0.25) is 0 Å². The van der Waals surface area contributed by atoms with Gasteiger partial charge in [-0.1, -0.05) is 20.8 Å². The van der Waals surface area contributed by atoms with E-state index in [9.17, 15) is 0 Å². The first-order valence-corrected chi connectivity index (χ1v) is 5.95. The molecule has 0 aliphatic carbocycles. The second-order valence-corrected chi connectivity index (χ2v) is 6.13. The van der Waals surface area contributed by atoms with E-state index in [0.717, 1.165) is 0 Å². The van der Waals surface area contributed by atoms with Gasteiger partial charge in [-0.2, -0.15) is 0 Å². The van der Waals surface area contributed by atoms with Crippen LogP contribution in [-0.2, 0) is 5.41 Å². The third-order valence-electron chi connectivity index (χ3n) is 2.07. The zero-order chi connectivity index (χ0) is 9.64. The van der Waals surface area contributed by atoms with Crippen molar-refractivity contribution in [2.45, 2.75) is 33.1 Å². The highest BCUT2D eigenvalue weighted by Gasteiger charge is 2.27. The maximum absolute atomic E-state index is 3.31. The van der Waals surface area contributed by atoms with Gasteiger partial charge in [0.15, 0.2) is 0 Å².